The summed E-state index contributed by atoms with van der Waals surface area (Å²) in [5.41, 5.74) is 0.786. The molecule has 2 aromatic rings. The van der Waals surface area contributed by atoms with Crippen LogP contribution < -0.4 is 4.74 Å². The van der Waals surface area contributed by atoms with E-state index in [2.05, 4.69) is 15.0 Å². The van der Waals surface area contributed by atoms with Crippen LogP contribution in [-0.2, 0) is 0 Å². The number of likely N-dealkylation sites (tertiary alicyclic amines) is 1. The van der Waals surface area contributed by atoms with E-state index in [9.17, 15) is 5.21 Å². The van der Waals surface area contributed by atoms with Crippen LogP contribution in [0.15, 0.2) is 47.8 Å². The van der Waals surface area contributed by atoms with Gasteiger partial charge in [0, 0.05) is 35.9 Å². The van der Waals surface area contributed by atoms with Crippen LogP contribution in [0.4, 0.5) is 0 Å². The van der Waals surface area contributed by atoms with Crippen molar-refractivity contribution in [2.24, 2.45) is 5.16 Å². The van der Waals surface area contributed by atoms with Crippen LogP contribution in [-0.4, -0.2) is 34.0 Å². The molecule has 3 rings (SSSR count). The number of rotatable bonds is 3. The lowest BCUT2D eigenvalue weighted by Crippen LogP contribution is -2.36. The number of nitrogens with zero attached hydrogens (tertiary/aromatic N) is 3. The molecule has 120 valence electrons. The molecule has 1 aromatic heterocycles. The van der Waals surface area contributed by atoms with E-state index in [0.717, 1.165) is 31.5 Å². The van der Waals surface area contributed by atoms with Gasteiger partial charge in [-0.2, -0.15) is 0 Å². The van der Waals surface area contributed by atoms with Crippen molar-refractivity contribution in [2.75, 3.05) is 13.1 Å². The molecule has 1 aliphatic rings. The first-order chi connectivity index (χ1) is 11.3. The smallest absolute Gasteiger partial charge is 0.219 e. The normalized spacial score (nSPS) is 15.5. The Labute approximate surface area is 140 Å². The van der Waals surface area contributed by atoms with Gasteiger partial charge in [0.25, 0.3) is 0 Å². The van der Waals surface area contributed by atoms with Gasteiger partial charge in [0.15, 0.2) is 5.84 Å². The lowest BCUT2D eigenvalue weighted by molar-refractivity contribution is 0.286. The van der Waals surface area contributed by atoms with E-state index in [1.807, 2.05) is 6.07 Å². The highest BCUT2D eigenvalue weighted by molar-refractivity contribution is 6.30. The molecule has 1 saturated heterocycles. The van der Waals surface area contributed by atoms with Crippen molar-refractivity contribution in [3.05, 3.63) is 53.2 Å². The van der Waals surface area contributed by atoms with Gasteiger partial charge in [-0.05, 0) is 49.6 Å². The molecular weight excluding hydrogens is 314 g/mol. The summed E-state index contributed by atoms with van der Waals surface area (Å²) < 4.78 is 5.73. The Morgan fingerprint density at radius 1 is 1.13 bits per heavy atom. The molecule has 1 N–H and O–H groups in total. The standard InChI is InChI=1S/C17H18ClN3O2/c18-14-4-6-15(7-5-14)23-16-12-13(8-9-19-16)17(20-22)21-10-2-1-3-11-21/h4-9,12,22H,1-3,10-11H2/b20-17-. The van der Waals surface area contributed by atoms with Crippen LogP contribution in [0.3, 0.4) is 0 Å². The van der Waals surface area contributed by atoms with Crippen molar-refractivity contribution in [3.63, 3.8) is 0 Å². The number of hydrogen-bond acceptors (Lipinski definition) is 4. The molecule has 0 bridgehead atoms. The third kappa shape index (κ3) is 3.93. The number of piperidine rings is 1. The molecule has 1 aliphatic heterocycles. The van der Waals surface area contributed by atoms with Crippen molar-refractivity contribution in [1.29, 1.82) is 0 Å². The van der Waals surface area contributed by atoms with Crippen LogP contribution >= 0.6 is 11.6 Å². The van der Waals surface area contributed by atoms with Gasteiger partial charge >= 0.3 is 0 Å². The summed E-state index contributed by atoms with van der Waals surface area (Å²) in [5.74, 6) is 1.66. The molecule has 0 saturated carbocycles. The number of oxime groups is 1. The molecule has 0 radical (unpaired) electrons. The van der Waals surface area contributed by atoms with Gasteiger partial charge in [-0.3, -0.25) is 0 Å². The summed E-state index contributed by atoms with van der Waals surface area (Å²) in [6.07, 6.45) is 5.09. The lowest BCUT2D eigenvalue weighted by atomic mass is 10.1. The fourth-order valence-corrected chi connectivity index (χ4v) is 2.76. The van der Waals surface area contributed by atoms with Crippen molar-refractivity contribution in [1.82, 2.24) is 9.88 Å². The Hall–Kier alpha value is -2.27. The molecule has 0 unspecified atom stereocenters. The zero-order valence-electron chi connectivity index (χ0n) is 12.7. The van der Waals surface area contributed by atoms with E-state index >= 15 is 0 Å². The molecule has 0 amide bonds. The zero-order valence-corrected chi connectivity index (χ0v) is 13.4. The number of benzene rings is 1. The van der Waals surface area contributed by atoms with Crippen molar-refractivity contribution in [2.45, 2.75) is 19.3 Å². The van der Waals surface area contributed by atoms with Gasteiger partial charge < -0.3 is 14.8 Å². The summed E-state index contributed by atoms with van der Waals surface area (Å²) >= 11 is 5.87. The second-order valence-electron chi connectivity index (χ2n) is 5.41. The first kappa shape index (κ1) is 15.6. The predicted octanol–water partition coefficient (Wildman–Crippen LogP) is 4.15. The lowest BCUT2D eigenvalue weighted by Gasteiger charge is -2.28. The van der Waals surface area contributed by atoms with Crippen LogP contribution in [0, 0.1) is 0 Å². The third-order valence-electron chi connectivity index (χ3n) is 3.78. The Balaban J connectivity index is 1.79. The Morgan fingerprint density at radius 3 is 2.57 bits per heavy atom. The van der Waals surface area contributed by atoms with Gasteiger partial charge in [0.05, 0.1) is 0 Å². The minimum Gasteiger partial charge on any atom is -0.439 e. The Bertz CT molecular complexity index is 682. The van der Waals surface area contributed by atoms with E-state index in [-0.39, 0.29) is 0 Å². The molecule has 0 spiro atoms. The van der Waals surface area contributed by atoms with Crippen LogP contribution in [0.5, 0.6) is 11.6 Å². The first-order valence-corrected chi connectivity index (χ1v) is 8.01. The topological polar surface area (TPSA) is 58.0 Å². The maximum Gasteiger partial charge on any atom is 0.219 e. The zero-order chi connectivity index (χ0) is 16.1. The molecule has 0 aliphatic carbocycles. The maximum absolute atomic E-state index is 9.41. The summed E-state index contributed by atoms with van der Waals surface area (Å²) in [6.45, 7) is 1.80. The second-order valence-corrected chi connectivity index (χ2v) is 5.85. The van der Waals surface area contributed by atoms with Crippen LogP contribution in [0.2, 0.25) is 5.02 Å². The first-order valence-electron chi connectivity index (χ1n) is 7.63. The molecule has 1 aromatic carbocycles. The number of ether oxygens (including phenoxy) is 1. The van der Waals surface area contributed by atoms with E-state index in [1.54, 1.807) is 36.5 Å². The average molecular weight is 332 g/mol. The van der Waals surface area contributed by atoms with Gasteiger partial charge in [-0.25, -0.2) is 4.98 Å². The summed E-state index contributed by atoms with van der Waals surface area (Å²) in [5, 5.41) is 13.5. The van der Waals surface area contributed by atoms with Crippen molar-refractivity contribution >= 4 is 17.4 Å². The fourth-order valence-electron chi connectivity index (χ4n) is 2.64. The number of hydrogen-bond donors (Lipinski definition) is 1. The van der Waals surface area contributed by atoms with Gasteiger partial charge in [-0.15, -0.1) is 0 Å². The highest BCUT2D eigenvalue weighted by Gasteiger charge is 2.18. The third-order valence-corrected chi connectivity index (χ3v) is 4.03. The largest absolute Gasteiger partial charge is 0.439 e. The SMILES string of the molecule is O/N=C(/c1ccnc(Oc2ccc(Cl)cc2)c1)N1CCCCC1. The predicted molar refractivity (Wildman–Crippen MR) is 89.5 cm³/mol. The minimum absolute atomic E-state index is 0.447. The number of aromatic nitrogens is 1. The van der Waals surface area contributed by atoms with E-state index in [0.29, 0.717) is 22.5 Å². The highest BCUT2D eigenvalue weighted by Crippen LogP contribution is 2.23. The number of amidine groups is 1. The Morgan fingerprint density at radius 2 is 1.87 bits per heavy atom. The fraction of sp³-hybridized carbons (Fsp3) is 0.294. The van der Waals surface area contributed by atoms with Gasteiger partial charge in [0.2, 0.25) is 5.88 Å². The number of halogens is 1. The van der Waals surface area contributed by atoms with Crippen LogP contribution in [0.1, 0.15) is 24.8 Å². The number of pyridine rings is 1. The molecule has 1 fully saturated rings. The minimum atomic E-state index is 0.447. The maximum atomic E-state index is 9.41. The Kier molecular flexibility index (Phi) is 4.98. The molecule has 6 heteroatoms. The molecular formula is C17H18ClN3O2. The summed E-state index contributed by atoms with van der Waals surface area (Å²) in [4.78, 5) is 6.30. The van der Waals surface area contributed by atoms with E-state index < -0.39 is 0 Å². The summed E-state index contributed by atoms with van der Waals surface area (Å²) in [6, 6.07) is 10.7. The van der Waals surface area contributed by atoms with Gasteiger partial charge in [-0.1, -0.05) is 16.8 Å². The van der Waals surface area contributed by atoms with Gasteiger partial charge in [0.1, 0.15) is 5.75 Å². The second kappa shape index (κ2) is 7.33. The summed E-state index contributed by atoms with van der Waals surface area (Å²) in [7, 11) is 0. The molecule has 5 nitrogen and oxygen atoms in total. The quantitative estimate of drug-likeness (QED) is 0.397. The van der Waals surface area contributed by atoms with Crippen molar-refractivity contribution < 1.29 is 9.94 Å². The monoisotopic (exact) mass is 331 g/mol. The molecule has 0 atom stereocenters. The van der Waals surface area contributed by atoms with E-state index in [4.69, 9.17) is 16.3 Å². The van der Waals surface area contributed by atoms with Crippen LogP contribution in [0.25, 0.3) is 0 Å². The van der Waals surface area contributed by atoms with E-state index in [1.165, 1.54) is 6.42 Å². The average Bonchev–Trinajstić information content (AvgIpc) is 2.59. The molecule has 23 heavy (non-hydrogen) atoms. The van der Waals surface area contributed by atoms with Crippen molar-refractivity contribution in [3.8, 4) is 11.6 Å². The highest BCUT2D eigenvalue weighted by atomic mass is 35.5. The molecule has 2 heterocycles.